The van der Waals surface area contributed by atoms with Gasteiger partial charge in [-0.05, 0) is 63.2 Å². The minimum atomic E-state index is -0.282. The quantitative estimate of drug-likeness (QED) is 0.589. The Morgan fingerprint density at radius 3 is 2.56 bits per heavy atom. The Labute approximate surface area is 157 Å². The molecule has 27 heavy (non-hydrogen) atoms. The van der Waals surface area contributed by atoms with Gasteiger partial charge >= 0.3 is 0 Å². The highest BCUT2D eigenvalue weighted by molar-refractivity contribution is 5.54. The van der Waals surface area contributed by atoms with Gasteiger partial charge in [-0.1, -0.05) is 29.4 Å². The lowest BCUT2D eigenvalue weighted by Gasteiger charge is -2.24. The highest BCUT2D eigenvalue weighted by Crippen LogP contribution is 2.21. The number of aryl methyl sites for hydroxylation is 2. The number of rotatable bonds is 7. The Bertz CT molecular complexity index is 893. The number of hydrogen-bond acceptors (Lipinski definition) is 4. The molecule has 0 amide bonds. The fraction of sp³-hybridized carbons (Fsp3) is 0.333. The van der Waals surface area contributed by atoms with E-state index in [1.807, 2.05) is 19.2 Å². The summed E-state index contributed by atoms with van der Waals surface area (Å²) in [4.78, 5) is 6.55. The predicted molar refractivity (Wildman–Crippen MR) is 100 cm³/mol. The van der Waals surface area contributed by atoms with Crippen molar-refractivity contribution in [2.45, 2.75) is 32.7 Å². The Morgan fingerprint density at radius 2 is 1.85 bits per heavy atom. The van der Waals surface area contributed by atoms with E-state index in [4.69, 9.17) is 4.52 Å². The zero-order valence-corrected chi connectivity index (χ0v) is 15.7. The van der Waals surface area contributed by atoms with E-state index >= 15 is 0 Å². The highest BCUT2D eigenvalue weighted by atomic mass is 19.1. The van der Waals surface area contributed by atoms with Crippen molar-refractivity contribution < 1.29 is 13.3 Å². The van der Waals surface area contributed by atoms with Crippen molar-refractivity contribution in [2.75, 3.05) is 13.6 Å². The standard InChI is InChI=1S/C21H23F2N3O/c1-14-6-7-17(13-19(14)23)21-24-20(27-25-21)5-4-12-26(3)15(2)16-8-10-18(22)11-9-16/h6-11,13,15H,4-5,12H2,1-3H3. The summed E-state index contributed by atoms with van der Waals surface area (Å²) in [7, 11) is 2.03. The first-order valence-corrected chi connectivity index (χ1v) is 8.99. The lowest BCUT2D eigenvalue weighted by Crippen LogP contribution is -2.24. The van der Waals surface area contributed by atoms with Crippen molar-refractivity contribution in [2.24, 2.45) is 0 Å². The third-order valence-corrected chi connectivity index (χ3v) is 4.81. The molecule has 0 bridgehead atoms. The molecule has 0 spiro atoms. The average molecular weight is 371 g/mol. The highest BCUT2D eigenvalue weighted by Gasteiger charge is 2.13. The van der Waals surface area contributed by atoms with E-state index in [0.717, 1.165) is 18.5 Å². The van der Waals surface area contributed by atoms with Crippen LogP contribution in [0.4, 0.5) is 8.78 Å². The first-order chi connectivity index (χ1) is 12.9. The monoisotopic (exact) mass is 371 g/mol. The Balaban J connectivity index is 1.54. The molecule has 3 rings (SSSR count). The van der Waals surface area contributed by atoms with E-state index in [1.165, 1.54) is 18.2 Å². The van der Waals surface area contributed by atoms with Gasteiger partial charge in [-0.3, -0.25) is 4.90 Å². The van der Waals surface area contributed by atoms with Crippen LogP contribution in [0.15, 0.2) is 47.0 Å². The molecule has 6 heteroatoms. The number of nitrogens with zero attached hydrogens (tertiary/aromatic N) is 3. The molecule has 0 aliphatic carbocycles. The van der Waals surface area contributed by atoms with E-state index in [1.54, 1.807) is 19.1 Å². The van der Waals surface area contributed by atoms with Gasteiger partial charge in [0.15, 0.2) is 0 Å². The summed E-state index contributed by atoms with van der Waals surface area (Å²) in [5.74, 6) is 0.426. The number of hydrogen-bond donors (Lipinski definition) is 0. The second-order valence-electron chi connectivity index (χ2n) is 6.79. The number of halogens is 2. The van der Waals surface area contributed by atoms with Crippen molar-refractivity contribution in [1.29, 1.82) is 0 Å². The molecule has 142 valence electrons. The van der Waals surface area contributed by atoms with E-state index in [0.29, 0.717) is 29.3 Å². The third-order valence-electron chi connectivity index (χ3n) is 4.81. The fourth-order valence-corrected chi connectivity index (χ4v) is 2.87. The Hall–Kier alpha value is -2.60. The van der Waals surface area contributed by atoms with Crippen molar-refractivity contribution in [1.82, 2.24) is 15.0 Å². The molecule has 0 aliphatic heterocycles. The summed E-state index contributed by atoms with van der Waals surface area (Å²) in [6, 6.07) is 11.7. The zero-order valence-electron chi connectivity index (χ0n) is 15.7. The SMILES string of the molecule is Cc1ccc(-c2noc(CCCN(C)C(C)c3ccc(F)cc3)n2)cc1F. The van der Waals surface area contributed by atoms with Crippen LogP contribution in [0.3, 0.4) is 0 Å². The number of benzene rings is 2. The van der Waals surface area contributed by atoms with Crippen LogP contribution in [0.25, 0.3) is 11.4 Å². The van der Waals surface area contributed by atoms with Gasteiger partial charge in [0.25, 0.3) is 0 Å². The van der Waals surface area contributed by atoms with Gasteiger partial charge < -0.3 is 4.52 Å². The van der Waals surface area contributed by atoms with Crippen LogP contribution in [0.1, 0.15) is 36.4 Å². The maximum absolute atomic E-state index is 13.7. The van der Waals surface area contributed by atoms with Crippen molar-refractivity contribution >= 4 is 0 Å². The second-order valence-corrected chi connectivity index (χ2v) is 6.79. The van der Waals surface area contributed by atoms with Crippen LogP contribution in [0.2, 0.25) is 0 Å². The first kappa shape index (κ1) is 19.2. The fourth-order valence-electron chi connectivity index (χ4n) is 2.87. The summed E-state index contributed by atoms with van der Waals surface area (Å²) in [6.45, 7) is 4.63. The van der Waals surface area contributed by atoms with Gasteiger partial charge in [-0.15, -0.1) is 0 Å². The van der Waals surface area contributed by atoms with Gasteiger partial charge in [0.05, 0.1) is 0 Å². The maximum Gasteiger partial charge on any atom is 0.227 e. The normalized spacial score (nSPS) is 12.5. The van der Waals surface area contributed by atoms with Gasteiger partial charge in [-0.25, -0.2) is 8.78 Å². The largest absolute Gasteiger partial charge is 0.339 e. The summed E-state index contributed by atoms with van der Waals surface area (Å²) in [5.41, 5.74) is 2.26. The summed E-state index contributed by atoms with van der Waals surface area (Å²) in [6.07, 6.45) is 1.48. The summed E-state index contributed by atoms with van der Waals surface area (Å²) < 4.78 is 32.0. The van der Waals surface area contributed by atoms with Crippen LogP contribution in [-0.4, -0.2) is 28.6 Å². The van der Waals surface area contributed by atoms with Crippen molar-refractivity contribution in [3.8, 4) is 11.4 Å². The lowest BCUT2D eigenvalue weighted by molar-refractivity contribution is 0.253. The molecule has 0 aliphatic rings. The molecule has 1 aromatic heterocycles. The van der Waals surface area contributed by atoms with E-state index in [2.05, 4.69) is 22.0 Å². The van der Waals surface area contributed by atoms with Crippen LogP contribution in [-0.2, 0) is 6.42 Å². The summed E-state index contributed by atoms with van der Waals surface area (Å²) in [5, 5.41) is 3.94. The second kappa shape index (κ2) is 8.39. The van der Waals surface area contributed by atoms with E-state index < -0.39 is 0 Å². The van der Waals surface area contributed by atoms with Crippen LogP contribution >= 0.6 is 0 Å². The molecule has 2 aromatic carbocycles. The minimum Gasteiger partial charge on any atom is -0.339 e. The Morgan fingerprint density at radius 1 is 1.11 bits per heavy atom. The average Bonchev–Trinajstić information content (AvgIpc) is 3.13. The van der Waals surface area contributed by atoms with E-state index in [-0.39, 0.29) is 17.7 Å². The molecule has 0 saturated heterocycles. The lowest BCUT2D eigenvalue weighted by atomic mass is 10.1. The molecule has 0 radical (unpaired) electrons. The molecule has 0 fully saturated rings. The zero-order chi connectivity index (χ0) is 19.4. The first-order valence-electron chi connectivity index (χ1n) is 8.99. The Kier molecular flexibility index (Phi) is 5.96. The molecular weight excluding hydrogens is 348 g/mol. The van der Waals surface area contributed by atoms with Gasteiger partial charge in [0, 0.05) is 18.0 Å². The van der Waals surface area contributed by atoms with Crippen molar-refractivity contribution in [3.63, 3.8) is 0 Å². The molecule has 1 unspecified atom stereocenters. The van der Waals surface area contributed by atoms with Crippen LogP contribution in [0.5, 0.6) is 0 Å². The van der Waals surface area contributed by atoms with Gasteiger partial charge in [-0.2, -0.15) is 4.98 Å². The molecular formula is C21H23F2N3O. The third kappa shape index (κ3) is 4.77. The van der Waals surface area contributed by atoms with E-state index in [9.17, 15) is 8.78 Å². The summed E-state index contributed by atoms with van der Waals surface area (Å²) >= 11 is 0. The minimum absolute atomic E-state index is 0.180. The van der Waals surface area contributed by atoms with Gasteiger partial charge in [0.2, 0.25) is 11.7 Å². The van der Waals surface area contributed by atoms with Crippen LogP contribution < -0.4 is 0 Å². The van der Waals surface area contributed by atoms with Crippen molar-refractivity contribution in [3.05, 3.63) is 71.1 Å². The molecule has 3 aromatic rings. The van der Waals surface area contributed by atoms with Gasteiger partial charge in [0.1, 0.15) is 11.6 Å². The molecule has 1 heterocycles. The number of aromatic nitrogens is 2. The topological polar surface area (TPSA) is 42.2 Å². The van der Waals surface area contributed by atoms with Crippen LogP contribution in [0, 0.1) is 18.6 Å². The molecule has 4 nitrogen and oxygen atoms in total. The smallest absolute Gasteiger partial charge is 0.227 e. The predicted octanol–water partition coefficient (Wildman–Crippen LogP) is 4.95. The molecule has 1 atom stereocenters. The maximum atomic E-state index is 13.7. The molecule has 0 N–H and O–H groups in total. The molecule has 0 saturated carbocycles.